The average molecular weight is 219 g/mol. The molecule has 0 aliphatic carbocycles. The van der Waals surface area contributed by atoms with Crippen LogP contribution in [0.15, 0.2) is 6.07 Å². The number of carbonyl (C=O) groups is 1. The molecule has 0 unspecified atom stereocenters. The van der Waals surface area contributed by atoms with Gasteiger partial charge in [-0.3, -0.25) is 4.79 Å². The third kappa shape index (κ3) is 3.23. The Morgan fingerprint density at radius 3 is 2.62 bits per heavy atom. The van der Waals surface area contributed by atoms with Gasteiger partial charge in [0.25, 0.3) is 0 Å². The van der Waals surface area contributed by atoms with Crippen molar-refractivity contribution in [2.24, 2.45) is 0 Å². The minimum atomic E-state index is -3.23. The predicted octanol–water partition coefficient (Wildman–Crippen LogP) is 0.679. The molecule has 1 aromatic rings. The van der Waals surface area contributed by atoms with Crippen LogP contribution in [0.5, 0.6) is 0 Å². The Balaban J connectivity index is 2.81. The van der Waals surface area contributed by atoms with Gasteiger partial charge in [-0.25, -0.2) is 8.42 Å². The summed E-state index contributed by atoms with van der Waals surface area (Å²) in [6, 6.07) is 1.60. The van der Waals surface area contributed by atoms with E-state index in [-0.39, 0.29) is 5.78 Å². The number of aryl methyl sites for hydroxylation is 1. The lowest BCUT2D eigenvalue weighted by atomic mass is 10.3. The number of hydrogen-bond acceptors (Lipinski definition) is 5. The van der Waals surface area contributed by atoms with Crippen molar-refractivity contribution in [3.05, 3.63) is 16.6 Å². The molecule has 0 aliphatic rings. The number of rotatable bonds is 3. The van der Waals surface area contributed by atoms with Gasteiger partial charge in [0, 0.05) is 6.26 Å². The lowest BCUT2D eigenvalue weighted by Gasteiger charge is -1.93. The van der Waals surface area contributed by atoms with Crippen molar-refractivity contribution >= 4 is 27.2 Å². The van der Waals surface area contributed by atoms with Gasteiger partial charge in [-0.2, -0.15) is 4.37 Å². The molecule has 0 N–H and O–H groups in total. The molecule has 0 amide bonds. The summed E-state index contributed by atoms with van der Waals surface area (Å²) in [7, 11) is -3.23. The lowest BCUT2D eigenvalue weighted by Crippen LogP contribution is -2.13. The maximum absolute atomic E-state index is 11.3. The smallest absolute Gasteiger partial charge is 0.189 e. The number of carbonyl (C=O) groups excluding carboxylic acids is 1. The molecule has 0 aromatic carbocycles. The largest absolute Gasteiger partial charge is 0.292 e. The second-order valence-corrected chi connectivity index (χ2v) is 5.77. The summed E-state index contributed by atoms with van der Waals surface area (Å²) in [6.07, 6.45) is 1.04. The second kappa shape index (κ2) is 3.55. The van der Waals surface area contributed by atoms with Crippen LogP contribution >= 0.6 is 11.5 Å². The van der Waals surface area contributed by atoms with Gasteiger partial charge in [-0.1, -0.05) is 0 Å². The van der Waals surface area contributed by atoms with Gasteiger partial charge in [-0.05, 0) is 24.5 Å². The van der Waals surface area contributed by atoms with Crippen LogP contribution in [-0.2, 0) is 9.84 Å². The van der Waals surface area contributed by atoms with Gasteiger partial charge in [-0.15, -0.1) is 0 Å². The molecule has 0 saturated heterocycles. The number of ketones is 1. The monoisotopic (exact) mass is 219 g/mol. The van der Waals surface area contributed by atoms with Crippen LogP contribution in [0.25, 0.3) is 0 Å². The summed E-state index contributed by atoms with van der Waals surface area (Å²) in [5.41, 5.74) is 0.738. The van der Waals surface area contributed by atoms with Crippen LogP contribution in [0.4, 0.5) is 0 Å². The van der Waals surface area contributed by atoms with Crippen LogP contribution in [-0.4, -0.2) is 30.6 Å². The van der Waals surface area contributed by atoms with E-state index in [1.165, 1.54) is 0 Å². The Hall–Kier alpha value is -0.750. The van der Waals surface area contributed by atoms with Crippen molar-refractivity contribution in [1.29, 1.82) is 0 Å². The highest BCUT2D eigenvalue weighted by Crippen LogP contribution is 2.10. The number of hydrogen-bond donors (Lipinski definition) is 0. The van der Waals surface area contributed by atoms with E-state index < -0.39 is 15.6 Å². The summed E-state index contributed by atoms with van der Waals surface area (Å²) in [5.74, 6) is -0.817. The normalized spacial score (nSPS) is 11.5. The summed E-state index contributed by atoms with van der Waals surface area (Å²) in [5, 5.41) is 0. The second-order valence-electron chi connectivity index (χ2n) is 2.83. The quantitative estimate of drug-likeness (QED) is 0.701. The predicted molar refractivity (Wildman–Crippen MR) is 50.9 cm³/mol. The third-order valence-electron chi connectivity index (χ3n) is 1.30. The Labute approximate surface area is 80.7 Å². The van der Waals surface area contributed by atoms with E-state index in [1.807, 2.05) is 0 Å². The molecule has 1 rings (SSSR count). The van der Waals surface area contributed by atoms with Crippen LogP contribution in [0.3, 0.4) is 0 Å². The van der Waals surface area contributed by atoms with Crippen LogP contribution in [0, 0.1) is 6.92 Å². The molecule has 0 atom stereocenters. The molecule has 0 aliphatic heterocycles. The minimum Gasteiger partial charge on any atom is -0.292 e. The first-order valence-electron chi connectivity index (χ1n) is 3.53. The van der Waals surface area contributed by atoms with Crippen molar-refractivity contribution in [2.45, 2.75) is 6.92 Å². The first kappa shape index (κ1) is 10.3. The molecule has 0 radical (unpaired) electrons. The molecular weight excluding hydrogens is 210 g/mol. The number of aromatic nitrogens is 1. The summed E-state index contributed by atoms with van der Waals surface area (Å²) in [4.78, 5) is 11.7. The fraction of sp³-hybridized carbons (Fsp3) is 0.429. The van der Waals surface area contributed by atoms with Crippen LogP contribution < -0.4 is 0 Å². The summed E-state index contributed by atoms with van der Waals surface area (Å²) >= 11 is 1.03. The molecule has 72 valence electrons. The Morgan fingerprint density at radius 1 is 1.62 bits per heavy atom. The molecule has 4 nitrogen and oxygen atoms in total. The zero-order chi connectivity index (χ0) is 10.1. The molecular formula is C7H9NO3S2. The zero-order valence-corrected chi connectivity index (χ0v) is 8.91. The van der Waals surface area contributed by atoms with Crippen LogP contribution in [0.1, 0.15) is 15.4 Å². The van der Waals surface area contributed by atoms with E-state index in [4.69, 9.17) is 0 Å². The van der Waals surface area contributed by atoms with Gasteiger partial charge < -0.3 is 0 Å². The first-order valence-corrected chi connectivity index (χ1v) is 6.36. The maximum atomic E-state index is 11.3. The van der Waals surface area contributed by atoms with Crippen molar-refractivity contribution in [1.82, 2.24) is 4.37 Å². The highest BCUT2D eigenvalue weighted by atomic mass is 32.2. The van der Waals surface area contributed by atoms with E-state index in [0.29, 0.717) is 4.88 Å². The van der Waals surface area contributed by atoms with Crippen molar-refractivity contribution in [3.63, 3.8) is 0 Å². The van der Waals surface area contributed by atoms with E-state index in [2.05, 4.69) is 4.37 Å². The van der Waals surface area contributed by atoms with Gasteiger partial charge in [0.05, 0.1) is 10.6 Å². The topological polar surface area (TPSA) is 64.1 Å². The first-order chi connectivity index (χ1) is 5.88. The van der Waals surface area contributed by atoms with Gasteiger partial charge in [0.2, 0.25) is 0 Å². The molecule has 0 spiro atoms. The molecule has 1 aromatic heterocycles. The number of sulfone groups is 1. The SMILES string of the molecule is Cc1cc(C(=O)CS(C)(=O)=O)sn1. The van der Waals surface area contributed by atoms with Gasteiger partial charge in [0.15, 0.2) is 15.6 Å². The fourth-order valence-electron chi connectivity index (χ4n) is 0.804. The molecule has 13 heavy (non-hydrogen) atoms. The third-order valence-corrected chi connectivity index (χ3v) is 3.00. The molecule has 1 heterocycles. The highest BCUT2D eigenvalue weighted by molar-refractivity contribution is 7.91. The summed E-state index contributed by atoms with van der Waals surface area (Å²) < 4.78 is 25.5. The Morgan fingerprint density at radius 2 is 2.23 bits per heavy atom. The number of Topliss-reactive ketones (excluding diaryl/α,β-unsaturated/α-hetero) is 1. The maximum Gasteiger partial charge on any atom is 0.189 e. The van der Waals surface area contributed by atoms with E-state index in [1.54, 1.807) is 13.0 Å². The Bertz CT molecular complexity index is 419. The average Bonchev–Trinajstić information content (AvgIpc) is 2.31. The minimum absolute atomic E-state index is 0.381. The van der Waals surface area contributed by atoms with Crippen molar-refractivity contribution in [3.8, 4) is 0 Å². The van der Waals surface area contributed by atoms with Gasteiger partial charge in [0.1, 0.15) is 5.75 Å². The van der Waals surface area contributed by atoms with E-state index in [0.717, 1.165) is 23.5 Å². The Kier molecular flexibility index (Phi) is 2.82. The van der Waals surface area contributed by atoms with E-state index >= 15 is 0 Å². The van der Waals surface area contributed by atoms with Crippen LogP contribution in [0.2, 0.25) is 0 Å². The molecule has 6 heteroatoms. The molecule has 0 bridgehead atoms. The molecule has 0 fully saturated rings. The van der Waals surface area contributed by atoms with Gasteiger partial charge >= 0.3 is 0 Å². The highest BCUT2D eigenvalue weighted by Gasteiger charge is 2.15. The fourth-order valence-corrected chi connectivity index (χ4v) is 2.22. The van der Waals surface area contributed by atoms with Crippen molar-refractivity contribution < 1.29 is 13.2 Å². The summed E-state index contributed by atoms with van der Waals surface area (Å²) in [6.45, 7) is 1.76. The molecule has 0 saturated carbocycles. The van der Waals surface area contributed by atoms with Crippen molar-refractivity contribution in [2.75, 3.05) is 12.0 Å². The number of nitrogens with zero attached hydrogens (tertiary/aromatic N) is 1. The van der Waals surface area contributed by atoms with E-state index in [9.17, 15) is 13.2 Å². The zero-order valence-electron chi connectivity index (χ0n) is 7.27. The standard InChI is InChI=1S/C7H9NO3S2/c1-5-3-7(12-8-5)6(9)4-13(2,10)11/h3H,4H2,1-2H3. The lowest BCUT2D eigenvalue weighted by molar-refractivity contribution is 0.102.